The highest BCUT2D eigenvalue weighted by Gasteiger charge is 2.12. The first-order valence-electron chi connectivity index (χ1n) is 5.27. The van der Waals surface area contributed by atoms with Gasteiger partial charge in [-0.15, -0.1) is 11.6 Å². The summed E-state index contributed by atoms with van der Waals surface area (Å²) in [5, 5.41) is 0. The number of rotatable bonds is 2. The van der Waals surface area contributed by atoms with Gasteiger partial charge in [-0.1, -0.05) is 0 Å². The van der Waals surface area contributed by atoms with Gasteiger partial charge in [-0.2, -0.15) is 0 Å². The molecule has 0 aliphatic rings. The van der Waals surface area contributed by atoms with Crippen LogP contribution in [0.4, 0.5) is 0 Å². The van der Waals surface area contributed by atoms with E-state index in [9.17, 15) is 4.79 Å². The molecule has 17 heavy (non-hydrogen) atoms. The van der Waals surface area contributed by atoms with Crippen LogP contribution in [-0.4, -0.2) is 34.5 Å². The number of hydrogen-bond donors (Lipinski definition) is 0. The van der Waals surface area contributed by atoms with Crippen molar-refractivity contribution in [1.29, 1.82) is 0 Å². The second kappa shape index (κ2) is 4.37. The van der Waals surface area contributed by atoms with Crippen LogP contribution >= 0.6 is 11.6 Å². The number of nitrogens with zero attached hydrogens (tertiary/aromatic N) is 3. The Morgan fingerprint density at radius 1 is 1.47 bits per heavy atom. The number of hydrogen-bond acceptors (Lipinski definition) is 2. The molecule has 2 aromatic rings. The van der Waals surface area contributed by atoms with Gasteiger partial charge in [0, 0.05) is 26.7 Å². The fourth-order valence-electron chi connectivity index (χ4n) is 1.76. The molecule has 0 saturated heterocycles. The van der Waals surface area contributed by atoms with Crippen LogP contribution in [0.1, 0.15) is 16.2 Å². The Morgan fingerprint density at radius 2 is 2.18 bits per heavy atom. The molecule has 1 amide bonds. The minimum absolute atomic E-state index is 0.0232. The fraction of sp³-hybridized carbons (Fsp3) is 0.333. The maximum Gasteiger partial charge on any atom is 0.253 e. The number of alkyl halides is 1. The van der Waals surface area contributed by atoms with Gasteiger partial charge in [0.1, 0.15) is 5.82 Å². The predicted molar refractivity (Wildman–Crippen MR) is 68.3 cm³/mol. The van der Waals surface area contributed by atoms with Crippen LogP contribution in [0.3, 0.4) is 0 Å². The smallest absolute Gasteiger partial charge is 0.253 e. The molecule has 2 rings (SSSR count). The molecule has 1 aromatic carbocycles. The van der Waals surface area contributed by atoms with Crippen LogP contribution in [0.25, 0.3) is 11.0 Å². The third-order valence-electron chi connectivity index (χ3n) is 2.75. The van der Waals surface area contributed by atoms with Gasteiger partial charge < -0.3 is 9.47 Å². The molecule has 0 aliphatic heterocycles. The van der Waals surface area contributed by atoms with Crippen molar-refractivity contribution >= 4 is 28.5 Å². The van der Waals surface area contributed by atoms with E-state index in [2.05, 4.69) is 4.98 Å². The number of benzene rings is 1. The molecule has 0 unspecified atom stereocenters. The summed E-state index contributed by atoms with van der Waals surface area (Å²) >= 11 is 5.80. The Balaban J connectivity index is 2.55. The quantitative estimate of drug-likeness (QED) is 0.766. The van der Waals surface area contributed by atoms with Crippen molar-refractivity contribution in [1.82, 2.24) is 14.5 Å². The third kappa shape index (κ3) is 2.00. The minimum atomic E-state index is -0.0232. The second-order valence-electron chi connectivity index (χ2n) is 4.12. The highest BCUT2D eigenvalue weighted by atomic mass is 35.5. The summed E-state index contributed by atoms with van der Waals surface area (Å²) in [5.74, 6) is 1.14. The molecule has 1 aromatic heterocycles. The number of aryl methyl sites for hydroxylation is 1. The largest absolute Gasteiger partial charge is 0.345 e. The van der Waals surface area contributed by atoms with Crippen LogP contribution in [0.2, 0.25) is 0 Å². The Kier molecular flexibility index (Phi) is 3.07. The van der Waals surface area contributed by atoms with E-state index in [0.29, 0.717) is 11.4 Å². The van der Waals surface area contributed by atoms with Crippen LogP contribution < -0.4 is 0 Å². The molecule has 0 bridgehead atoms. The van der Waals surface area contributed by atoms with Crippen molar-refractivity contribution in [2.24, 2.45) is 7.05 Å². The highest BCUT2D eigenvalue weighted by molar-refractivity contribution is 6.16. The van der Waals surface area contributed by atoms with E-state index >= 15 is 0 Å². The van der Waals surface area contributed by atoms with Crippen molar-refractivity contribution < 1.29 is 4.79 Å². The van der Waals surface area contributed by atoms with Gasteiger partial charge in [0.15, 0.2) is 0 Å². The lowest BCUT2D eigenvalue weighted by atomic mass is 10.2. The molecule has 90 valence electrons. The molecule has 1 heterocycles. The van der Waals surface area contributed by atoms with Crippen molar-refractivity contribution in [3.63, 3.8) is 0 Å². The highest BCUT2D eigenvalue weighted by Crippen LogP contribution is 2.18. The molecule has 0 radical (unpaired) electrons. The molecular formula is C12H14ClN3O. The summed E-state index contributed by atoms with van der Waals surface area (Å²) in [6, 6.07) is 5.51. The molecule has 0 spiro atoms. The molecule has 0 saturated carbocycles. The Hall–Kier alpha value is -1.55. The number of amides is 1. The fourth-order valence-corrected chi connectivity index (χ4v) is 2.00. The molecule has 5 heteroatoms. The summed E-state index contributed by atoms with van der Waals surface area (Å²) in [6.45, 7) is 0. The van der Waals surface area contributed by atoms with E-state index in [1.54, 1.807) is 25.1 Å². The number of carbonyl (C=O) groups excluding carboxylic acids is 1. The first kappa shape index (κ1) is 11.9. The van der Waals surface area contributed by atoms with E-state index in [4.69, 9.17) is 11.6 Å². The predicted octanol–water partition coefficient (Wildman–Crippen LogP) is 2.01. The summed E-state index contributed by atoms with van der Waals surface area (Å²) in [4.78, 5) is 17.8. The van der Waals surface area contributed by atoms with Gasteiger partial charge in [0.05, 0.1) is 16.9 Å². The zero-order valence-corrected chi connectivity index (χ0v) is 10.8. The normalized spacial score (nSPS) is 10.8. The average molecular weight is 252 g/mol. The topological polar surface area (TPSA) is 38.1 Å². The monoisotopic (exact) mass is 251 g/mol. The number of fused-ring (bicyclic) bond motifs is 1. The second-order valence-corrected chi connectivity index (χ2v) is 4.39. The van der Waals surface area contributed by atoms with Gasteiger partial charge in [0.25, 0.3) is 5.91 Å². The van der Waals surface area contributed by atoms with Crippen LogP contribution in [0.5, 0.6) is 0 Å². The van der Waals surface area contributed by atoms with E-state index in [1.807, 2.05) is 23.7 Å². The lowest BCUT2D eigenvalue weighted by Crippen LogP contribution is -2.21. The van der Waals surface area contributed by atoms with Gasteiger partial charge >= 0.3 is 0 Å². The van der Waals surface area contributed by atoms with Crippen LogP contribution in [0, 0.1) is 0 Å². The molecule has 0 N–H and O–H groups in total. The molecule has 4 nitrogen and oxygen atoms in total. The van der Waals surface area contributed by atoms with E-state index in [-0.39, 0.29) is 5.91 Å². The van der Waals surface area contributed by atoms with Gasteiger partial charge in [-0.25, -0.2) is 4.98 Å². The number of aromatic nitrogens is 2. The third-order valence-corrected chi connectivity index (χ3v) is 2.99. The lowest BCUT2D eigenvalue weighted by molar-refractivity contribution is 0.0828. The summed E-state index contributed by atoms with van der Waals surface area (Å²) < 4.78 is 1.94. The minimum Gasteiger partial charge on any atom is -0.345 e. The summed E-state index contributed by atoms with van der Waals surface area (Å²) in [7, 11) is 5.38. The van der Waals surface area contributed by atoms with E-state index < -0.39 is 0 Å². The average Bonchev–Trinajstić information content (AvgIpc) is 2.64. The van der Waals surface area contributed by atoms with Gasteiger partial charge in [-0.3, -0.25) is 4.79 Å². The van der Waals surface area contributed by atoms with Crippen molar-refractivity contribution in [3.8, 4) is 0 Å². The van der Waals surface area contributed by atoms with Crippen LogP contribution in [0.15, 0.2) is 18.2 Å². The van der Waals surface area contributed by atoms with Crippen molar-refractivity contribution in [3.05, 3.63) is 29.6 Å². The SMILES string of the molecule is CN(C)C(=O)c1ccc2c(c1)nc(CCl)n2C. The zero-order chi connectivity index (χ0) is 12.6. The maximum atomic E-state index is 11.8. The van der Waals surface area contributed by atoms with Gasteiger partial charge in [-0.05, 0) is 18.2 Å². The van der Waals surface area contributed by atoms with Crippen LogP contribution in [-0.2, 0) is 12.9 Å². The number of carbonyl (C=O) groups is 1. The zero-order valence-electron chi connectivity index (χ0n) is 10.1. The van der Waals surface area contributed by atoms with E-state index in [0.717, 1.165) is 16.9 Å². The van der Waals surface area contributed by atoms with Gasteiger partial charge in [0.2, 0.25) is 0 Å². The number of halogens is 1. The van der Waals surface area contributed by atoms with Crippen molar-refractivity contribution in [2.75, 3.05) is 14.1 Å². The molecule has 0 fully saturated rings. The maximum absolute atomic E-state index is 11.8. The van der Waals surface area contributed by atoms with Crippen molar-refractivity contribution in [2.45, 2.75) is 5.88 Å². The summed E-state index contributed by atoms with van der Waals surface area (Å²) in [6.07, 6.45) is 0. The number of imidazole rings is 1. The summed E-state index contributed by atoms with van der Waals surface area (Å²) in [5.41, 5.74) is 2.42. The Labute approximate surface area is 105 Å². The Bertz CT molecular complexity index is 574. The first-order valence-corrected chi connectivity index (χ1v) is 5.81. The standard InChI is InChI=1S/C12H14ClN3O/c1-15(2)12(17)8-4-5-10-9(6-8)14-11(7-13)16(10)3/h4-6H,7H2,1-3H3. The molecule has 0 atom stereocenters. The molecule has 0 aliphatic carbocycles. The van der Waals surface area contributed by atoms with E-state index in [1.165, 1.54) is 0 Å². The molecular weight excluding hydrogens is 238 g/mol. The lowest BCUT2D eigenvalue weighted by Gasteiger charge is -2.09. The Morgan fingerprint density at radius 3 is 2.76 bits per heavy atom. The first-order chi connectivity index (χ1) is 8.04.